The van der Waals surface area contributed by atoms with Crippen molar-refractivity contribution in [1.29, 1.82) is 5.26 Å². The predicted octanol–water partition coefficient (Wildman–Crippen LogP) is 3.49. The first-order chi connectivity index (χ1) is 10.2. The van der Waals surface area contributed by atoms with Gasteiger partial charge in [-0.3, -0.25) is 4.79 Å². The van der Waals surface area contributed by atoms with Crippen molar-refractivity contribution in [1.82, 2.24) is 5.32 Å². The summed E-state index contributed by atoms with van der Waals surface area (Å²) >= 11 is 1.57. The number of carbonyl (C=O) groups is 1. The lowest BCUT2D eigenvalue weighted by Gasteiger charge is -2.29. The molecule has 0 spiro atoms. The van der Waals surface area contributed by atoms with E-state index in [1.807, 2.05) is 24.3 Å². The molecule has 0 bridgehead atoms. The first kappa shape index (κ1) is 15.9. The summed E-state index contributed by atoms with van der Waals surface area (Å²) in [5.41, 5.74) is 1.70. The minimum absolute atomic E-state index is 0.119. The van der Waals surface area contributed by atoms with Crippen molar-refractivity contribution < 1.29 is 4.79 Å². The molecule has 0 saturated heterocycles. The van der Waals surface area contributed by atoms with Crippen LogP contribution in [0.5, 0.6) is 0 Å². The third-order valence-electron chi connectivity index (χ3n) is 4.09. The SMILES string of the molecule is C[C@@H]1CCCC[C@@H]1NC(=O)CSCc1ccccc1C#N. The number of amides is 1. The second-order valence-electron chi connectivity index (χ2n) is 5.70. The summed E-state index contributed by atoms with van der Waals surface area (Å²) in [5, 5.41) is 12.2. The second kappa shape index (κ2) is 8.09. The van der Waals surface area contributed by atoms with E-state index in [2.05, 4.69) is 18.3 Å². The molecule has 21 heavy (non-hydrogen) atoms. The van der Waals surface area contributed by atoms with E-state index in [1.165, 1.54) is 19.3 Å². The third-order valence-corrected chi connectivity index (χ3v) is 5.07. The first-order valence-electron chi connectivity index (χ1n) is 7.56. The van der Waals surface area contributed by atoms with Crippen molar-refractivity contribution in [3.8, 4) is 6.07 Å². The minimum Gasteiger partial charge on any atom is -0.352 e. The van der Waals surface area contributed by atoms with Gasteiger partial charge in [0.05, 0.1) is 17.4 Å². The minimum atomic E-state index is 0.119. The summed E-state index contributed by atoms with van der Waals surface area (Å²) in [4.78, 5) is 12.0. The van der Waals surface area contributed by atoms with Crippen LogP contribution in [0.25, 0.3) is 0 Å². The maximum Gasteiger partial charge on any atom is 0.230 e. The van der Waals surface area contributed by atoms with Gasteiger partial charge in [-0.2, -0.15) is 5.26 Å². The van der Waals surface area contributed by atoms with Crippen LogP contribution >= 0.6 is 11.8 Å². The Morgan fingerprint density at radius 1 is 1.38 bits per heavy atom. The van der Waals surface area contributed by atoms with Crippen molar-refractivity contribution in [3.63, 3.8) is 0 Å². The lowest BCUT2D eigenvalue weighted by atomic mass is 9.86. The topological polar surface area (TPSA) is 52.9 Å². The van der Waals surface area contributed by atoms with Gasteiger partial charge in [-0.05, 0) is 30.4 Å². The highest BCUT2D eigenvalue weighted by Gasteiger charge is 2.22. The number of nitrogens with one attached hydrogen (secondary N) is 1. The van der Waals surface area contributed by atoms with E-state index in [1.54, 1.807) is 11.8 Å². The summed E-state index contributed by atoms with van der Waals surface area (Å²) in [7, 11) is 0. The number of nitrogens with zero attached hydrogens (tertiary/aromatic N) is 1. The van der Waals surface area contributed by atoms with Gasteiger partial charge in [0, 0.05) is 11.8 Å². The molecule has 0 unspecified atom stereocenters. The Bertz CT molecular complexity index is 524. The number of hydrogen-bond acceptors (Lipinski definition) is 3. The van der Waals surface area contributed by atoms with Crippen LogP contribution in [0.2, 0.25) is 0 Å². The fraction of sp³-hybridized carbons (Fsp3) is 0.529. The Morgan fingerprint density at radius 3 is 2.90 bits per heavy atom. The maximum atomic E-state index is 12.0. The normalized spacial score (nSPS) is 21.5. The van der Waals surface area contributed by atoms with Crippen molar-refractivity contribution in [3.05, 3.63) is 35.4 Å². The van der Waals surface area contributed by atoms with Crippen LogP contribution in [0, 0.1) is 17.2 Å². The van der Waals surface area contributed by atoms with Crippen LogP contribution in [0.3, 0.4) is 0 Å². The van der Waals surface area contributed by atoms with Crippen LogP contribution in [0.15, 0.2) is 24.3 Å². The molecule has 3 nitrogen and oxygen atoms in total. The molecule has 0 aromatic heterocycles. The predicted molar refractivity (Wildman–Crippen MR) is 86.9 cm³/mol. The average Bonchev–Trinajstić information content (AvgIpc) is 2.50. The zero-order valence-electron chi connectivity index (χ0n) is 12.5. The Labute approximate surface area is 131 Å². The molecule has 112 valence electrons. The summed E-state index contributed by atoms with van der Waals surface area (Å²) in [6.45, 7) is 2.22. The van der Waals surface area contributed by atoms with Gasteiger partial charge in [0.15, 0.2) is 0 Å². The van der Waals surface area contributed by atoms with Gasteiger partial charge in [0.25, 0.3) is 0 Å². The lowest BCUT2D eigenvalue weighted by Crippen LogP contribution is -2.41. The third kappa shape index (κ3) is 4.78. The van der Waals surface area contributed by atoms with Gasteiger partial charge in [-0.15, -0.1) is 11.8 Å². The Morgan fingerprint density at radius 2 is 2.14 bits per heavy atom. The molecule has 1 aromatic rings. The quantitative estimate of drug-likeness (QED) is 0.906. The van der Waals surface area contributed by atoms with Crippen LogP contribution < -0.4 is 5.32 Å². The first-order valence-corrected chi connectivity index (χ1v) is 8.71. The molecule has 4 heteroatoms. The van der Waals surface area contributed by atoms with Gasteiger partial charge in [-0.25, -0.2) is 0 Å². The van der Waals surface area contributed by atoms with Crippen molar-refractivity contribution in [2.75, 3.05) is 5.75 Å². The Hall–Kier alpha value is -1.47. The second-order valence-corrected chi connectivity index (χ2v) is 6.68. The highest BCUT2D eigenvalue weighted by atomic mass is 32.2. The Balaban J connectivity index is 1.75. The molecule has 1 aliphatic rings. The molecule has 2 atom stereocenters. The molecule has 1 amide bonds. The highest BCUT2D eigenvalue weighted by Crippen LogP contribution is 2.24. The summed E-state index contributed by atoms with van der Waals surface area (Å²) in [6.07, 6.45) is 4.83. The number of rotatable bonds is 5. The molecule has 1 fully saturated rings. The molecule has 0 radical (unpaired) electrons. The fourth-order valence-electron chi connectivity index (χ4n) is 2.79. The number of nitriles is 1. The van der Waals surface area contributed by atoms with Crippen molar-refractivity contribution >= 4 is 17.7 Å². The molecule has 1 N–H and O–H groups in total. The standard InChI is InChI=1S/C17H22N2OS/c1-13-6-2-5-9-16(13)19-17(20)12-21-11-15-8-4-3-7-14(15)10-18/h3-4,7-8,13,16H,2,5-6,9,11-12H2,1H3,(H,19,20)/t13-,16+/m1/s1. The van der Waals surface area contributed by atoms with E-state index in [9.17, 15) is 4.79 Å². The monoisotopic (exact) mass is 302 g/mol. The molecule has 0 aliphatic heterocycles. The van der Waals surface area contributed by atoms with E-state index >= 15 is 0 Å². The smallest absolute Gasteiger partial charge is 0.230 e. The number of benzene rings is 1. The van der Waals surface area contributed by atoms with E-state index < -0.39 is 0 Å². The van der Waals surface area contributed by atoms with Crippen LogP contribution in [0.4, 0.5) is 0 Å². The molecule has 1 saturated carbocycles. The molecular weight excluding hydrogens is 280 g/mol. The molecule has 0 heterocycles. The van der Waals surface area contributed by atoms with Crippen LogP contribution in [0.1, 0.15) is 43.7 Å². The fourth-order valence-corrected chi connectivity index (χ4v) is 3.63. The zero-order valence-corrected chi connectivity index (χ0v) is 13.3. The zero-order chi connectivity index (χ0) is 15.1. The van der Waals surface area contributed by atoms with E-state index in [-0.39, 0.29) is 5.91 Å². The van der Waals surface area contributed by atoms with Gasteiger partial charge in [0.1, 0.15) is 0 Å². The van der Waals surface area contributed by atoms with Crippen LogP contribution in [-0.2, 0) is 10.5 Å². The largest absolute Gasteiger partial charge is 0.352 e. The van der Waals surface area contributed by atoms with Crippen LogP contribution in [-0.4, -0.2) is 17.7 Å². The van der Waals surface area contributed by atoms with Gasteiger partial charge in [0.2, 0.25) is 5.91 Å². The number of hydrogen-bond donors (Lipinski definition) is 1. The maximum absolute atomic E-state index is 12.0. The average molecular weight is 302 g/mol. The summed E-state index contributed by atoms with van der Waals surface area (Å²) in [5.74, 6) is 1.88. The molecule has 2 rings (SSSR count). The number of thioether (sulfide) groups is 1. The van der Waals surface area contributed by atoms with Crippen molar-refractivity contribution in [2.24, 2.45) is 5.92 Å². The van der Waals surface area contributed by atoms with Crippen molar-refractivity contribution in [2.45, 2.75) is 44.4 Å². The molecule has 1 aromatic carbocycles. The number of carbonyl (C=O) groups excluding carboxylic acids is 1. The molecule has 1 aliphatic carbocycles. The lowest BCUT2D eigenvalue weighted by molar-refractivity contribution is -0.119. The summed E-state index contributed by atoms with van der Waals surface area (Å²) in [6, 6.07) is 10.1. The van der Waals surface area contributed by atoms with E-state index in [4.69, 9.17) is 5.26 Å². The van der Waals surface area contributed by atoms with Gasteiger partial charge >= 0.3 is 0 Å². The van der Waals surface area contributed by atoms with Gasteiger partial charge in [-0.1, -0.05) is 38.0 Å². The van der Waals surface area contributed by atoms with Gasteiger partial charge < -0.3 is 5.32 Å². The summed E-state index contributed by atoms with van der Waals surface area (Å²) < 4.78 is 0. The Kier molecular flexibility index (Phi) is 6.13. The van der Waals surface area contributed by atoms with E-state index in [0.717, 1.165) is 12.0 Å². The highest BCUT2D eigenvalue weighted by molar-refractivity contribution is 7.99. The molecular formula is C17H22N2OS. The van der Waals surface area contributed by atoms with E-state index in [0.29, 0.717) is 29.0 Å².